The van der Waals surface area contributed by atoms with Crippen LogP contribution in [0.3, 0.4) is 0 Å². The maximum atomic E-state index is 9.31. The number of hydrogen-bond acceptors (Lipinski definition) is 4. The van der Waals surface area contributed by atoms with Gasteiger partial charge in [0.1, 0.15) is 12.1 Å². The van der Waals surface area contributed by atoms with Crippen LogP contribution in [0.4, 0.5) is 5.69 Å². The molecule has 2 rings (SSSR count). The second kappa shape index (κ2) is 2.78. The number of aromatic hydroxyl groups is 1. The lowest BCUT2D eigenvalue weighted by Crippen LogP contribution is -1.86. The van der Waals surface area contributed by atoms with Crippen molar-refractivity contribution in [3.05, 3.63) is 24.5 Å². The minimum atomic E-state index is 0.0499. The maximum Gasteiger partial charge on any atom is 0.155 e. The molecule has 0 aliphatic rings. The molecule has 0 saturated carbocycles. The van der Waals surface area contributed by atoms with Crippen molar-refractivity contribution in [2.24, 2.45) is 0 Å². The van der Waals surface area contributed by atoms with Gasteiger partial charge < -0.3 is 10.8 Å². The Bertz CT molecular complexity index is 410. The van der Waals surface area contributed by atoms with Gasteiger partial charge in [-0.25, -0.2) is 4.98 Å². The molecule has 0 bridgehead atoms. The number of phenolic OH excluding ortho intramolecular Hbond substituents is 1. The molecule has 0 aliphatic heterocycles. The van der Waals surface area contributed by atoms with Gasteiger partial charge in [-0.2, -0.15) is 5.10 Å². The average molecular weight is 176 g/mol. The number of phenols is 1. The van der Waals surface area contributed by atoms with E-state index >= 15 is 0 Å². The van der Waals surface area contributed by atoms with Gasteiger partial charge in [-0.15, -0.1) is 0 Å². The first-order valence-electron chi connectivity index (χ1n) is 3.71. The Balaban J connectivity index is 2.49. The van der Waals surface area contributed by atoms with Crippen molar-refractivity contribution >= 4 is 5.69 Å². The monoisotopic (exact) mass is 176 g/mol. The molecule has 5 nitrogen and oxygen atoms in total. The average Bonchev–Trinajstić information content (AvgIpc) is 2.62. The van der Waals surface area contributed by atoms with Gasteiger partial charge in [-0.05, 0) is 18.2 Å². The number of aromatic amines is 1. The number of nitrogens with two attached hydrogens (primary N) is 1. The van der Waals surface area contributed by atoms with E-state index in [0.717, 1.165) is 5.56 Å². The summed E-state index contributed by atoms with van der Waals surface area (Å²) in [5.74, 6) is 0.657. The highest BCUT2D eigenvalue weighted by atomic mass is 16.3. The van der Waals surface area contributed by atoms with Crippen LogP contribution in [-0.4, -0.2) is 20.3 Å². The van der Waals surface area contributed by atoms with Crippen molar-refractivity contribution in [2.45, 2.75) is 0 Å². The molecule has 0 spiro atoms. The van der Waals surface area contributed by atoms with Crippen molar-refractivity contribution in [3.63, 3.8) is 0 Å². The van der Waals surface area contributed by atoms with Gasteiger partial charge in [-0.1, -0.05) is 0 Å². The van der Waals surface area contributed by atoms with Gasteiger partial charge in [0, 0.05) is 5.56 Å². The van der Waals surface area contributed by atoms with Gasteiger partial charge >= 0.3 is 0 Å². The van der Waals surface area contributed by atoms with Gasteiger partial charge in [0.05, 0.1) is 5.69 Å². The molecule has 1 heterocycles. The van der Waals surface area contributed by atoms with E-state index in [1.165, 1.54) is 12.4 Å². The molecule has 13 heavy (non-hydrogen) atoms. The zero-order chi connectivity index (χ0) is 9.26. The quantitative estimate of drug-likeness (QED) is 0.442. The largest absolute Gasteiger partial charge is 0.506 e. The van der Waals surface area contributed by atoms with Crippen LogP contribution in [0.25, 0.3) is 11.4 Å². The summed E-state index contributed by atoms with van der Waals surface area (Å²) in [5, 5.41) is 15.7. The first kappa shape index (κ1) is 7.60. The van der Waals surface area contributed by atoms with Crippen molar-refractivity contribution in [1.29, 1.82) is 0 Å². The van der Waals surface area contributed by atoms with Crippen LogP contribution in [0.5, 0.6) is 5.75 Å². The van der Waals surface area contributed by atoms with E-state index in [2.05, 4.69) is 15.2 Å². The van der Waals surface area contributed by atoms with Crippen LogP contribution in [0.2, 0.25) is 0 Å². The van der Waals surface area contributed by atoms with Gasteiger partial charge in [0.25, 0.3) is 0 Å². The smallest absolute Gasteiger partial charge is 0.155 e. The summed E-state index contributed by atoms with van der Waals surface area (Å²) in [6.45, 7) is 0. The molecule has 0 aliphatic carbocycles. The Kier molecular flexibility index (Phi) is 1.63. The highest BCUT2D eigenvalue weighted by Crippen LogP contribution is 2.25. The summed E-state index contributed by atoms with van der Waals surface area (Å²) in [7, 11) is 0. The first-order chi connectivity index (χ1) is 6.27. The Morgan fingerprint density at radius 1 is 1.38 bits per heavy atom. The van der Waals surface area contributed by atoms with E-state index in [1.807, 2.05) is 0 Å². The highest BCUT2D eigenvalue weighted by molar-refractivity contribution is 5.64. The van der Waals surface area contributed by atoms with E-state index in [4.69, 9.17) is 5.73 Å². The summed E-state index contributed by atoms with van der Waals surface area (Å²) in [6.07, 6.45) is 1.41. The fourth-order valence-electron chi connectivity index (χ4n) is 1.04. The number of aromatic nitrogens is 3. The molecule has 5 heteroatoms. The summed E-state index contributed by atoms with van der Waals surface area (Å²) in [6, 6.07) is 4.92. The Hall–Kier alpha value is -2.04. The van der Waals surface area contributed by atoms with E-state index in [0.29, 0.717) is 11.5 Å². The van der Waals surface area contributed by atoms with Crippen LogP contribution in [0, 0.1) is 0 Å². The topological polar surface area (TPSA) is 87.8 Å². The van der Waals surface area contributed by atoms with Crippen molar-refractivity contribution in [3.8, 4) is 17.1 Å². The predicted molar refractivity (Wildman–Crippen MR) is 47.9 cm³/mol. The Morgan fingerprint density at radius 2 is 2.23 bits per heavy atom. The standard InChI is InChI=1S/C8H8N4O/c9-6-2-1-5(3-7(6)13)8-10-4-11-12-8/h1-4,13H,9H2,(H,10,11,12). The second-order valence-electron chi connectivity index (χ2n) is 2.61. The second-order valence-corrected chi connectivity index (χ2v) is 2.61. The van der Waals surface area contributed by atoms with E-state index < -0.39 is 0 Å². The van der Waals surface area contributed by atoms with E-state index in [1.54, 1.807) is 12.1 Å². The van der Waals surface area contributed by atoms with Gasteiger partial charge in [-0.3, -0.25) is 5.10 Å². The lowest BCUT2D eigenvalue weighted by Gasteiger charge is -2.00. The number of rotatable bonds is 1. The summed E-state index contributed by atoms with van der Waals surface area (Å²) in [5.41, 5.74) is 6.55. The first-order valence-corrected chi connectivity index (χ1v) is 3.71. The zero-order valence-electron chi connectivity index (χ0n) is 6.73. The molecule has 0 fully saturated rings. The van der Waals surface area contributed by atoms with Crippen molar-refractivity contribution in [1.82, 2.24) is 15.2 Å². The molecule has 4 N–H and O–H groups in total. The van der Waals surface area contributed by atoms with Gasteiger partial charge in [0.15, 0.2) is 5.82 Å². The summed E-state index contributed by atoms with van der Waals surface area (Å²) in [4.78, 5) is 3.94. The number of nitrogens with one attached hydrogen (secondary N) is 1. The van der Waals surface area contributed by atoms with Crippen LogP contribution in [-0.2, 0) is 0 Å². The fraction of sp³-hybridized carbons (Fsp3) is 0. The minimum absolute atomic E-state index is 0.0499. The summed E-state index contributed by atoms with van der Waals surface area (Å²) >= 11 is 0. The number of nitrogen functional groups attached to an aromatic ring is 1. The number of nitrogens with zero attached hydrogens (tertiary/aromatic N) is 2. The normalized spacial score (nSPS) is 10.2. The highest BCUT2D eigenvalue weighted by Gasteiger charge is 2.03. The zero-order valence-corrected chi connectivity index (χ0v) is 6.73. The molecule has 0 atom stereocenters. The number of anilines is 1. The number of hydrogen-bond donors (Lipinski definition) is 3. The lowest BCUT2D eigenvalue weighted by atomic mass is 10.2. The molecule has 0 saturated heterocycles. The van der Waals surface area contributed by atoms with Gasteiger partial charge in [0.2, 0.25) is 0 Å². The minimum Gasteiger partial charge on any atom is -0.506 e. The molecular formula is C8H8N4O. The number of H-pyrrole nitrogens is 1. The van der Waals surface area contributed by atoms with Crippen LogP contribution in [0.1, 0.15) is 0 Å². The number of benzene rings is 1. The van der Waals surface area contributed by atoms with E-state index in [9.17, 15) is 5.11 Å². The molecule has 0 unspecified atom stereocenters. The molecule has 0 radical (unpaired) electrons. The van der Waals surface area contributed by atoms with E-state index in [-0.39, 0.29) is 5.75 Å². The van der Waals surface area contributed by atoms with Crippen molar-refractivity contribution in [2.75, 3.05) is 5.73 Å². The molecule has 2 aromatic rings. The fourth-order valence-corrected chi connectivity index (χ4v) is 1.04. The third-order valence-corrected chi connectivity index (χ3v) is 1.72. The Morgan fingerprint density at radius 3 is 2.85 bits per heavy atom. The molecule has 0 amide bonds. The molecular weight excluding hydrogens is 168 g/mol. The third kappa shape index (κ3) is 1.31. The van der Waals surface area contributed by atoms with Crippen molar-refractivity contribution < 1.29 is 5.11 Å². The molecule has 1 aromatic carbocycles. The van der Waals surface area contributed by atoms with Crippen LogP contribution < -0.4 is 5.73 Å². The van der Waals surface area contributed by atoms with Crippen LogP contribution in [0.15, 0.2) is 24.5 Å². The van der Waals surface area contributed by atoms with Crippen LogP contribution >= 0.6 is 0 Å². The predicted octanol–water partition coefficient (Wildman–Crippen LogP) is 0.759. The SMILES string of the molecule is Nc1ccc(-c2ncn[nH]2)cc1O. The third-order valence-electron chi connectivity index (χ3n) is 1.72. The molecule has 66 valence electrons. The lowest BCUT2D eigenvalue weighted by molar-refractivity contribution is 0.478. The summed E-state index contributed by atoms with van der Waals surface area (Å²) < 4.78 is 0. The Labute approximate surface area is 74.2 Å². The molecule has 1 aromatic heterocycles. The maximum absolute atomic E-state index is 9.31.